The monoisotopic (exact) mass is 344 g/mol. The van der Waals surface area contributed by atoms with Crippen LogP contribution in [0.3, 0.4) is 0 Å². The molecule has 0 bridgehead atoms. The predicted molar refractivity (Wildman–Crippen MR) is 91.5 cm³/mol. The molecule has 1 aromatic heterocycles. The molecular formula is C18H17ClN2O3. The van der Waals surface area contributed by atoms with Gasteiger partial charge in [-0.1, -0.05) is 43.6 Å². The van der Waals surface area contributed by atoms with E-state index in [9.17, 15) is 20.0 Å². The number of nitriles is 1. The number of hydrogen-bond acceptors (Lipinski definition) is 4. The maximum Gasteiger partial charge on any atom is 0.271 e. The quantitative estimate of drug-likeness (QED) is 0.863. The van der Waals surface area contributed by atoms with E-state index in [1.54, 1.807) is 38.1 Å². The van der Waals surface area contributed by atoms with Crippen molar-refractivity contribution in [2.24, 2.45) is 5.92 Å². The second kappa shape index (κ2) is 6.90. The largest absolute Gasteiger partial charge is 0.494 e. The topological polar surface area (TPSA) is 83.1 Å². The standard InChI is InChI=1S/C18H17ClN2O3/c1-10(2)16(22)15-11(3)13(8-20)17(23)21(18(15)24)9-12-6-4-5-7-14(12)19/h4-7,10,24H,9H2,1-3H3. The number of halogens is 1. The SMILES string of the molecule is Cc1c(C(=O)C(C)C)c(O)n(Cc2ccccc2Cl)c(=O)c1C#N. The maximum absolute atomic E-state index is 12.5. The van der Waals surface area contributed by atoms with Crippen LogP contribution in [0.5, 0.6) is 5.88 Å². The van der Waals surface area contributed by atoms with Gasteiger partial charge in [0.15, 0.2) is 5.78 Å². The summed E-state index contributed by atoms with van der Waals surface area (Å²) in [7, 11) is 0. The van der Waals surface area contributed by atoms with Gasteiger partial charge in [0.2, 0.25) is 5.88 Å². The minimum absolute atomic E-state index is 0.00760. The van der Waals surface area contributed by atoms with E-state index >= 15 is 0 Å². The van der Waals surface area contributed by atoms with Crippen LogP contribution in [0.4, 0.5) is 0 Å². The molecule has 1 heterocycles. The van der Waals surface area contributed by atoms with Crippen LogP contribution >= 0.6 is 11.6 Å². The molecule has 0 spiro atoms. The fourth-order valence-electron chi connectivity index (χ4n) is 2.48. The van der Waals surface area contributed by atoms with E-state index in [4.69, 9.17) is 11.6 Å². The van der Waals surface area contributed by atoms with E-state index in [0.29, 0.717) is 10.6 Å². The van der Waals surface area contributed by atoms with Crippen molar-refractivity contribution in [3.8, 4) is 11.9 Å². The molecule has 0 aliphatic heterocycles. The molecule has 0 unspecified atom stereocenters. The van der Waals surface area contributed by atoms with E-state index in [1.165, 1.54) is 6.92 Å². The van der Waals surface area contributed by atoms with Gasteiger partial charge in [-0.2, -0.15) is 5.26 Å². The first kappa shape index (κ1) is 17.8. The Bertz CT molecular complexity index is 908. The smallest absolute Gasteiger partial charge is 0.271 e. The number of pyridine rings is 1. The number of Topliss-reactive ketones (excluding diaryl/α,β-unsaturated/α-hetero) is 1. The van der Waals surface area contributed by atoms with Crippen LogP contribution in [0, 0.1) is 24.2 Å². The zero-order valence-electron chi connectivity index (χ0n) is 13.6. The molecule has 1 aromatic carbocycles. The molecule has 6 heteroatoms. The summed E-state index contributed by atoms with van der Waals surface area (Å²) >= 11 is 6.11. The maximum atomic E-state index is 12.5. The van der Waals surface area contributed by atoms with Crippen molar-refractivity contribution in [2.75, 3.05) is 0 Å². The van der Waals surface area contributed by atoms with Gasteiger partial charge in [-0.05, 0) is 24.1 Å². The molecule has 124 valence electrons. The summed E-state index contributed by atoms with van der Waals surface area (Å²) in [5.74, 6) is -1.14. The minimum Gasteiger partial charge on any atom is -0.494 e. The van der Waals surface area contributed by atoms with Crippen LogP contribution in [-0.4, -0.2) is 15.5 Å². The van der Waals surface area contributed by atoms with Crippen molar-refractivity contribution in [1.82, 2.24) is 4.57 Å². The fourth-order valence-corrected chi connectivity index (χ4v) is 2.67. The summed E-state index contributed by atoms with van der Waals surface area (Å²) in [6, 6.07) is 8.71. The number of hydrogen-bond donors (Lipinski definition) is 1. The minimum atomic E-state index is -0.646. The van der Waals surface area contributed by atoms with Crippen molar-refractivity contribution < 1.29 is 9.90 Å². The van der Waals surface area contributed by atoms with E-state index in [0.717, 1.165) is 4.57 Å². The van der Waals surface area contributed by atoms with Gasteiger partial charge in [0, 0.05) is 10.9 Å². The van der Waals surface area contributed by atoms with E-state index in [-0.39, 0.29) is 34.9 Å². The van der Waals surface area contributed by atoms with Gasteiger partial charge >= 0.3 is 0 Å². The van der Waals surface area contributed by atoms with Gasteiger partial charge < -0.3 is 5.11 Å². The summed E-state index contributed by atoms with van der Waals surface area (Å²) in [6.45, 7) is 4.85. The number of aromatic hydroxyl groups is 1. The molecule has 0 radical (unpaired) electrons. The molecule has 0 aliphatic carbocycles. The summed E-state index contributed by atoms with van der Waals surface area (Å²) in [5.41, 5.74) is 0.0196. The lowest BCUT2D eigenvalue weighted by Gasteiger charge is -2.17. The molecule has 0 fully saturated rings. The molecule has 0 saturated carbocycles. The normalized spacial score (nSPS) is 10.7. The van der Waals surface area contributed by atoms with Crippen LogP contribution in [0.1, 0.15) is 40.9 Å². The lowest BCUT2D eigenvalue weighted by molar-refractivity contribution is 0.0934. The van der Waals surface area contributed by atoms with Crippen molar-refractivity contribution in [3.05, 3.63) is 61.9 Å². The Morgan fingerprint density at radius 3 is 2.54 bits per heavy atom. The summed E-state index contributed by atoms with van der Waals surface area (Å²) in [6.07, 6.45) is 0. The molecule has 0 saturated heterocycles. The summed E-state index contributed by atoms with van der Waals surface area (Å²) in [4.78, 5) is 25.0. The number of carbonyl (C=O) groups is 1. The van der Waals surface area contributed by atoms with Crippen LogP contribution in [-0.2, 0) is 6.54 Å². The Morgan fingerprint density at radius 2 is 2.00 bits per heavy atom. The first-order chi connectivity index (χ1) is 11.3. The number of aromatic nitrogens is 1. The molecule has 1 N–H and O–H groups in total. The first-order valence-corrected chi connectivity index (χ1v) is 7.81. The molecule has 0 amide bonds. The van der Waals surface area contributed by atoms with Crippen LogP contribution in [0.15, 0.2) is 29.1 Å². The number of carbonyl (C=O) groups excluding carboxylic acids is 1. The van der Waals surface area contributed by atoms with Gasteiger partial charge in [-0.25, -0.2) is 0 Å². The zero-order chi connectivity index (χ0) is 18.0. The first-order valence-electron chi connectivity index (χ1n) is 7.43. The zero-order valence-corrected chi connectivity index (χ0v) is 14.4. The highest BCUT2D eigenvalue weighted by Crippen LogP contribution is 2.26. The average molecular weight is 345 g/mol. The van der Waals surface area contributed by atoms with Gasteiger partial charge in [-0.15, -0.1) is 0 Å². The van der Waals surface area contributed by atoms with Crippen molar-refractivity contribution in [2.45, 2.75) is 27.3 Å². The third kappa shape index (κ3) is 3.06. The van der Waals surface area contributed by atoms with Crippen LogP contribution in [0.25, 0.3) is 0 Å². The summed E-state index contributed by atoms with van der Waals surface area (Å²) in [5, 5.41) is 20.3. The van der Waals surface area contributed by atoms with Crippen LogP contribution in [0.2, 0.25) is 5.02 Å². The Kier molecular flexibility index (Phi) is 5.10. The molecule has 0 aliphatic rings. The van der Waals surface area contributed by atoms with E-state index in [1.807, 2.05) is 6.07 Å². The van der Waals surface area contributed by atoms with E-state index < -0.39 is 11.4 Å². The van der Waals surface area contributed by atoms with Gasteiger partial charge in [0.05, 0.1) is 12.1 Å². The second-order valence-corrected chi connectivity index (χ2v) is 6.22. The molecule has 0 atom stereocenters. The number of ketones is 1. The Balaban J connectivity index is 2.75. The average Bonchev–Trinajstić information content (AvgIpc) is 2.53. The van der Waals surface area contributed by atoms with Crippen molar-refractivity contribution in [3.63, 3.8) is 0 Å². The predicted octanol–water partition coefficient (Wildman–Crippen LogP) is 3.27. The molecule has 24 heavy (non-hydrogen) atoms. The third-order valence-electron chi connectivity index (χ3n) is 3.86. The number of rotatable bonds is 4. The lowest BCUT2D eigenvalue weighted by atomic mass is 9.95. The van der Waals surface area contributed by atoms with Gasteiger partial charge in [-0.3, -0.25) is 14.2 Å². The Labute approximate surface area is 144 Å². The lowest BCUT2D eigenvalue weighted by Crippen LogP contribution is -2.28. The summed E-state index contributed by atoms with van der Waals surface area (Å²) < 4.78 is 1.02. The van der Waals surface area contributed by atoms with Gasteiger partial charge in [0.25, 0.3) is 5.56 Å². The van der Waals surface area contributed by atoms with Crippen molar-refractivity contribution >= 4 is 17.4 Å². The van der Waals surface area contributed by atoms with E-state index in [2.05, 4.69) is 0 Å². The highest BCUT2D eigenvalue weighted by molar-refractivity contribution is 6.31. The number of benzene rings is 1. The molecule has 2 rings (SSSR count). The Morgan fingerprint density at radius 1 is 1.38 bits per heavy atom. The molecule has 2 aromatic rings. The van der Waals surface area contributed by atoms with Crippen LogP contribution < -0.4 is 5.56 Å². The fraction of sp³-hybridized carbons (Fsp3) is 0.278. The second-order valence-electron chi connectivity index (χ2n) is 5.81. The highest BCUT2D eigenvalue weighted by atomic mass is 35.5. The third-order valence-corrected chi connectivity index (χ3v) is 4.23. The highest BCUT2D eigenvalue weighted by Gasteiger charge is 2.25. The van der Waals surface area contributed by atoms with Crippen molar-refractivity contribution in [1.29, 1.82) is 5.26 Å². The van der Waals surface area contributed by atoms with Gasteiger partial charge in [0.1, 0.15) is 11.6 Å². The molecular weight excluding hydrogens is 328 g/mol. The number of nitrogens with zero attached hydrogens (tertiary/aromatic N) is 2. The Hall–Kier alpha value is -2.58. The molecule has 5 nitrogen and oxygen atoms in total.